The third kappa shape index (κ3) is 2.03. The molecule has 0 spiro atoms. The molecular formula is C16H12FNO. The molecule has 1 N–H and O–H groups in total. The van der Waals surface area contributed by atoms with Crippen LogP contribution in [0.1, 0.15) is 17.3 Å². The number of ketones is 1. The van der Waals surface area contributed by atoms with Gasteiger partial charge in [0.25, 0.3) is 0 Å². The molecule has 0 radical (unpaired) electrons. The summed E-state index contributed by atoms with van der Waals surface area (Å²) in [5, 5.41) is 1.03. The van der Waals surface area contributed by atoms with Crippen LogP contribution < -0.4 is 0 Å². The second-order valence-electron chi connectivity index (χ2n) is 4.53. The summed E-state index contributed by atoms with van der Waals surface area (Å²) >= 11 is 0. The molecule has 1 heterocycles. The first-order valence-corrected chi connectivity index (χ1v) is 6.03. The van der Waals surface area contributed by atoms with E-state index in [0.717, 1.165) is 16.5 Å². The van der Waals surface area contributed by atoms with Crippen molar-refractivity contribution >= 4 is 16.7 Å². The summed E-state index contributed by atoms with van der Waals surface area (Å²) in [6.07, 6.45) is 1.85. The number of rotatable bonds is 2. The number of carbonyl (C=O) groups is 1. The molecule has 0 atom stereocenters. The van der Waals surface area contributed by atoms with E-state index in [1.165, 1.54) is 13.0 Å². The number of benzene rings is 2. The van der Waals surface area contributed by atoms with E-state index in [-0.39, 0.29) is 11.6 Å². The number of hydrogen-bond acceptors (Lipinski definition) is 1. The Morgan fingerprint density at radius 1 is 1.11 bits per heavy atom. The summed E-state index contributed by atoms with van der Waals surface area (Å²) in [6.45, 7) is 1.43. The highest BCUT2D eigenvalue weighted by Gasteiger charge is 2.09. The summed E-state index contributed by atoms with van der Waals surface area (Å²) in [7, 11) is 0. The molecule has 3 rings (SSSR count). The average Bonchev–Trinajstić information content (AvgIpc) is 2.85. The Labute approximate surface area is 109 Å². The lowest BCUT2D eigenvalue weighted by Gasteiger charge is -2.05. The van der Waals surface area contributed by atoms with Gasteiger partial charge in [0, 0.05) is 22.8 Å². The topological polar surface area (TPSA) is 32.9 Å². The van der Waals surface area contributed by atoms with Crippen molar-refractivity contribution in [3.05, 3.63) is 60.0 Å². The highest BCUT2D eigenvalue weighted by Crippen LogP contribution is 2.27. The van der Waals surface area contributed by atoms with Gasteiger partial charge in [-0.2, -0.15) is 0 Å². The van der Waals surface area contributed by atoms with Gasteiger partial charge in [-0.15, -0.1) is 0 Å². The number of Topliss-reactive ketones (excluding diaryl/α,β-unsaturated/α-hetero) is 1. The van der Waals surface area contributed by atoms with E-state index in [2.05, 4.69) is 4.98 Å². The molecule has 94 valence electrons. The number of H-pyrrole nitrogens is 1. The maximum absolute atomic E-state index is 14.1. The molecule has 0 fully saturated rings. The molecule has 1 aromatic heterocycles. The van der Waals surface area contributed by atoms with Gasteiger partial charge in [-0.3, -0.25) is 4.79 Å². The van der Waals surface area contributed by atoms with Gasteiger partial charge in [0.2, 0.25) is 0 Å². The van der Waals surface area contributed by atoms with Crippen LogP contribution in [0, 0.1) is 5.82 Å². The predicted octanol–water partition coefficient (Wildman–Crippen LogP) is 4.18. The summed E-state index contributed by atoms with van der Waals surface area (Å²) in [5.74, 6) is -0.505. The first-order valence-electron chi connectivity index (χ1n) is 6.03. The zero-order valence-electron chi connectivity index (χ0n) is 10.4. The minimum atomic E-state index is -0.373. The lowest BCUT2D eigenvalue weighted by molar-refractivity contribution is 0.101. The van der Waals surface area contributed by atoms with E-state index in [4.69, 9.17) is 0 Å². The highest BCUT2D eigenvalue weighted by atomic mass is 19.1. The fraction of sp³-hybridized carbons (Fsp3) is 0.0625. The molecule has 2 aromatic carbocycles. The van der Waals surface area contributed by atoms with Crippen LogP contribution in [0.15, 0.2) is 48.7 Å². The molecule has 0 bridgehead atoms. The third-order valence-electron chi connectivity index (χ3n) is 3.24. The molecule has 0 saturated carbocycles. The van der Waals surface area contributed by atoms with Crippen molar-refractivity contribution in [1.82, 2.24) is 4.98 Å². The smallest absolute Gasteiger partial charge is 0.159 e. The van der Waals surface area contributed by atoms with E-state index in [1.807, 2.05) is 30.5 Å². The summed E-state index contributed by atoms with van der Waals surface area (Å²) < 4.78 is 14.1. The predicted molar refractivity (Wildman–Crippen MR) is 73.7 cm³/mol. The first-order chi connectivity index (χ1) is 9.15. The Kier molecular flexibility index (Phi) is 2.67. The lowest BCUT2D eigenvalue weighted by Crippen LogP contribution is -1.94. The van der Waals surface area contributed by atoms with Crippen LogP contribution in [0.3, 0.4) is 0 Å². The average molecular weight is 253 g/mol. The van der Waals surface area contributed by atoms with Gasteiger partial charge in [-0.1, -0.05) is 18.2 Å². The zero-order chi connectivity index (χ0) is 13.4. The van der Waals surface area contributed by atoms with Gasteiger partial charge in [-0.25, -0.2) is 4.39 Å². The molecule has 3 heteroatoms. The van der Waals surface area contributed by atoms with Crippen molar-refractivity contribution in [2.45, 2.75) is 6.92 Å². The molecule has 0 aliphatic carbocycles. The van der Waals surface area contributed by atoms with Gasteiger partial charge in [0.1, 0.15) is 5.82 Å². The SMILES string of the molecule is CC(=O)c1ccc(-c2ccc3[nH]ccc3c2)c(F)c1. The van der Waals surface area contributed by atoms with E-state index >= 15 is 0 Å². The van der Waals surface area contributed by atoms with Crippen molar-refractivity contribution in [1.29, 1.82) is 0 Å². The number of aromatic amines is 1. The second-order valence-corrected chi connectivity index (χ2v) is 4.53. The van der Waals surface area contributed by atoms with Gasteiger partial charge in [-0.05, 0) is 42.1 Å². The van der Waals surface area contributed by atoms with Crippen molar-refractivity contribution in [3.63, 3.8) is 0 Å². The minimum absolute atomic E-state index is 0.133. The van der Waals surface area contributed by atoms with Crippen molar-refractivity contribution in [3.8, 4) is 11.1 Å². The molecule has 19 heavy (non-hydrogen) atoms. The monoisotopic (exact) mass is 253 g/mol. The standard InChI is InChI=1S/C16H12FNO/c1-10(19)11-2-4-14(15(17)9-11)12-3-5-16-13(8-12)6-7-18-16/h2-9,18H,1H3. The largest absolute Gasteiger partial charge is 0.361 e. The number of hydrogen-bond donors (Lipinski definition) is 1. The number of aromatic nitrogens is 1. The summed E-state index contributed by atoms with van der Waals surface area (Å²) in [6, 6.07) is 12.3. The van der Waals surface area contributed by atoms with Crippen molar-refractivity contribution in [2.24, 2.45) is 0 Å². The molecule has 0 unspecified atom stereocenters. The van der Waals surface area contributed by atoms with Crippen LogP contribution in [-0.2, 0) is 0 Å². The molecule has 2 nitrogen and oxygen atoms in total. The van der Waals surface area contributed by atoms with Gasteiger partial charge >= 0.3 is 0 Å². The maximum Gasteiger partial charge on any atom is 0.159 e. The molecule has 3 aromatic rings. The van der Waals surface area contributed by atoms with Gasteiger partial charge in [0.15, 0.2) is 5.78 Å². The summed E-state index contributed by atoms with van der Waals surface area (Å²) in [5.41, 5.74) is 2.72. The van der Waals surface area contributed by atoms with Gasteiger partial charge in [0.05, 0.1) is 0 Å². The number of carbonyl (C=O) groups excluding carboxylic acids is 1. The van der Waals surface area contributed by atoms with E-state index < -0.39 is 0 Å². The van der Waals surface area contributed by atoms with Crippen LogP contribution in [0.4, 0.5) is 4.39 Å². The molecule has 0 saturated heterocycles. The Morgan fingerprint density at radius 3 is 2.68 bits per heavy atom. The molecule has 0 amide bonds. The van der Waals surface area contributed by atoms with Crippen molar-refractivity contribution < 1.29 is 9.18 Å². The van der Waals surface area contributed by atoms with Crippen LogP contribution >= 0.6 is 0 Å². The molecule has 0 aliphatic rings. The zero-order valence-corrected chi connectivity index (χ0v) is 10.4. The fourth-order valence-corrected chi connectivity index (χ4v) is 2.19. The Bertz CT molecular complexity index is 773. The fourth-order valence-electron chi connectivity index (χ4n) is 2.19. The Hall–Kier alpha value is -2.42. The second kappa shape index (κ2) is 4.35. The van der Waals surface area contributed by atoms with Crippen LogP contribution in [0.25, 0.3) is 22.0 Å². The minimum Gasteiger partial charge on any atom is -0.361 e. The number of nitrogens with one attached hydrogen (secondary N) is 1. The quantitative estimate of drug-likeness (QED) is 0.683. The van der Waals surface area contributed by atoms with Crippen molar-refractivity contribution in [2.75, 3.05) is 0 Å². The Balaban J connectivity index is 2.12. The number of halogens is 1. The van der Waals surface area contributed by atoms with Crippen LogP contribution in [0.2, 0.25) is 0 Å². The highest BCUT2D eigenvalue weighted by molar-refractivity contribution is 5.94. The first kappa shape index (κ1) is 11.7. The van der Waals surface area contributed by atoms with Gasteiger partial charge < -0.3 is 4.98 Å². The normalized spacial score (nSPS) is 10.8. The van der Waals surface area contributed by atoms with Crippen LogP contribution in [-0.4, -0.2) is 10.8 Å². The maximum atomic E-state index is 14.1. The molecule has 0 aliphatic heterocycles. The lowest BCUT2D eigenvalue weighted by atomic mass is 10.0. The Morgan fingerprint density at radius 2 is 1.95 bits per heavy atom. The molecular weight excluding hydrogens is 241 g/mol. The van der Waals surface area contributed by atoms with E-state index in [9.17, 15) is 9.18 Å². The third-order valence-corrected chi connectivity index (χ3v) is 3.24. The summed E-state index contributed by atoms with van der Waals surface area (Å²) in [4.78, 5) is 14.3. The van der Waals surface area contributed by atoms with E-state index in [0.29, 0.717) is 11.1 Å². The number of fused-ring (bicyclic) bond motifs is 1. The van der Waals surface area contributed by atoms with Crippen LogP contribution in [0.5, 0.6) is 0 Å². The van der Waals surface area contributed by atoms with E-state index in [1.54, 1.807) is 12.1 Å².